The van der Waals surface area contributed by atoms with E-state index in [1.165, 1.54) is 12.8 Å². The van der Waals surface area contributed by atoms with Crippen molar-refractivity contribution in [3.63, 3.8) is 0 Å². The summed E-state index contributed by atoms with van der Waals surface area (Å²) in [7, 11) is 0. The highest BCUT2D eigenvalue weighted by atomic mass is 79.9. The molecule has 3 rings (SSSR count). The first kappa shape index (κ1) is 15.6. The molecule has 2 aromatic rings. The lowest BCUT2D eigenvalue weighted by atomic mass is 10.0. The molecule has 5 heteroatoms. The fourth-order valence-corrected chi connectivity index (χ4v) is 3.41. The van der Waals surface area contributed by atoms with Gasteiger partial charge in [-0.05, 0) is 49.6 Å². The Balaban J connectivity index is 1.54. The number of hydrogen-bond donors (Lipinski definition) is 1. The van der Waals surface area contributed by atoms with E-state index in [2.05, 4.69) is 33.1 Å². The Morgan fingerprint density at radius 2 is 2.32 bits per heavy atom. The molecule has 0 aliphatic carbocycles. The van der Waals surface area contributed by atoms with Crippen LogP contribution < -0.4 is 5.32 Å². The fraction of sp³-hybridized carbons (Fsp3) is 0.471. The standard InChI is InChI=1S/C17H21BrN2O2/c1-12-3-2-7-20(11-12)8-6-19-17(21)16-10-13-9-14(18)4-5-15(13)22-16/h4-5,9-10,12H,2-3,6-8,11H2,1H3,(H,19,21). The minimum absolute atomic E-state index is 0.141. The Morgan fingerprint density at radius 3 is 3.14 bits per heavy atom. The van der Waals surface area contributed by atoms with Crippen molar-refractivity contribution >= 4 is 32.8 Å². The summed E-state index contributed by atoms with van der Waals surface area (Å²) in [6.07, 6.45) is 2.57. The zero-order valence-corrected chi connectivity index (χ0v) is 14.4. The summed E-state index contributed by atoms with van der Waals surface area (Å²) in [5, 5.41) is 3.89. The first-order chi connectivity index (χ1) is 10.6. The Bertz CT molecular complexity index is 668. The van der Waals surface area contributed by atoms with Gasteiger partial charge in [-0.1, -0.05) is 22.9 Å². The monoisotopic (exact) mass is 364 g/mol. The number of amides is 1. The Kier molecular flexibility index (Phi) is 4.84. The van der Waals surface area contributed by atoms with Crippen LogP contribution in [0.15, 0.2) is 33.2 Å². The lowest BCUT2D eigenvalue weighted by Crippen LogP contribution is -2.40. The van der Waals surface area contributed by atoms with E-state index in [4.69, 9.17) is 4.42 Å². The first-order valence-corrected chi connectivity index (χ1v) is 8.61. The van der Waals surface area contributed by atoms with Gasteiger partial charge in [0.1, 0.15) is 5.58 Å². The minimum Gasteiger partial charge on any atom is -0.451 e. The van der Waals surface area contributed by atoms with E-state index >= 15 is 0 Å². The smallest absolute Gasteiger partial charge is 0.287 e. The predicted octanol–water partition coefficient (Wildman–Crippen LogP) is 3.66. The lowest BCUT2D eigenvalue weighted by Gasteiger charge is -2.30. The van der Waals surface area contributed by atoms with E-state index in [9.17, 15) is 4.79 Å². The van der Waals surface area contributed by atoms with Crippen LogP contribution in [-0.2, 0) is 0 Å². The number of halogens is 1. The van der Waals surface area contributed by atoms with Gasteiger partial charge >= 0.3 is 0 Å². The van der Waals surface area contributed by atoms with Crippen molar-refractivity contribution in [3.8, 4) is 0 Å². The van der Waals surface area contributed by atoms with Crippen LogP contribution in [-0.4, -0.2) is 37.0 Å². The maximum absolute atomic E-state index is 12.2. The van der Waals surface area contributed by atoms with Crippen LogP contribution in [0, 0.1) is 5.92 Å². The molecule has 1 N–H and O–H groups in total. The summed E-state index contributed by atoms with van der Waals surface area (Å²) < 4.78 is 6.58. The molecule has 1 unspecified atom stereocenters. The second-order valence-electron chi connectivity index (χ2n) is 6.10. The van der Waals surface area contributed by atoms with Crippen molar-refractivity contribution in [1.82, 2.24) is 10.2 Å². The Morgan fingerprint density at radius 1 is 1.45 bits per heavy atom. The van der Waals surface area contributed by atoms with Gasteiger partial charge < -0.3 is 14.6 Å². The topological polar surface area (TPSA) is 45.5 Å². The molecule has 0 radical (unpaired) electrons. The average Bonchev–Trinajstić information content (AvgIpc) is 2.90. The van der Waals surface area contributed by atoms with Gasteiger partial charge in [-0.2, -0.15) is 0 Å². The van der Waals surface area contributed by atoms with Crippen molar-refractivity contribution in [2.75, 3.05) is 26.2 Å². The molecule has 1 aliphatic heterocycles. The van der Waals surface area contributed by atoms with E-state index in [1.54, 1.807) is 6.07 Å². The van der Waals surface area contributed by atoms with Gasteiger partial charge in [-0.25, -0.2) is 0 Å². The van der Waals surface area contributed by atoms with Crippen molar-refractivity contribution < 1.29 is 9.21 Å². The minimum atomic E-state index is -0.141. The van der Waals surface area contributed by atoms with Gasteiger partial charge in [-0.15, -0.1) is 0 Å². The van der Waals surface area contributed by atoms with Crippen LogP contribution in [0.2, 0.25) is 0 Å². The molecule has 118 valence electrons. The van der Waals surface area contributed by atoms with Crippen molar-refractivity contribution in [2.45, 2.75) is 19.8 Å². The lowest BCUT2D eigenvalue weighted by molar-refractivity contribution is 0.0918. The number of carbonyl (C=O) groups is 1. The molecule has 2 heterocycles. The van der Waals surface area contributed by atoms with Gasteiger partial charge in [0.15, 0.2) is 5.76 Å². The van der Waals surface area contributed by atoms with Crippen LogP contribution in [0.4, 0.5) is 0 Å². The maximum atomic E-state index is 12.2. The van der Waals surface area contributed by atoms with Crippen molar-refractivity contribution in [1.29, 1.82) is 0 Å². The summed E-state index contributed by atoms with van der Waals surface area (Å²) in [5.41, 5.74) is 0.734. The molecular formula is C17H21BrN2O2. The highest BCUT2D eigenvalue weighted by Gasteiger charge is 2.17. The molecule has 0 saturated carbocycles. The van der Waals surface area contributed by atoms with E-state index in [1.807, 2.05) is 18.2 Å². The molecule has 1 atom stereocenters. The highest BCUT2D eigenvalue weighted by molar-refractivity contribution is 9.10. The second-order valence-corrected chi connectivity index (χ2v) is 7.01. The average molecular weight is 365 g/mol. The maximum Gasteiger partial charge on any atom is 0.287 e. The molecule has 22 heavy (non-hydrogen) atoms. The first-order valence-electron chi connectivity index (χ1n) is 7.81. The quantitative estimate of drug-likeness (QED) is 0.900. The number of nitrogens with one attached hydrogen (secondary N) is 1. The number of likely N-dealkylation sites (tertiary alicyclic amines) is 1. The van der Waals surface area contributed by atoms with E-state index in [0.717, 1.165) is 41.0 Å². The highest BCUT2D eigenvalue weighted by Crippen LogP contribution is 2.23. The number of furan rings is 1. The second kappa shape index (κ2) is 6.84. The predicted molar refractivity (Wildman–Crippen MR) is 91.1 cm³/mol. The molecule has 4 nitrogen and oxygen atoms in total. The van der Waals surface area contributed by atoms with Gasteiger partial charge in [0.05, 0.1) is 0 Å². The normalized spacial score (nSPS) is 19.5. The summed E-state index contributed by atoms with van der Waals surface area (Å²) in [4.78, 5) is 14.6. The zero-order valence-electron chi connectivity index (χ0n) is 12.8. The van der Waals surface area contributed by atoms with Gasteiger partial charge in [0, 0.05) is 29.5 Å². The fourth-order valence-electron chi connectivity index (χ4n) is 3.03. The van der Waals surface area contributed by atoms with Gasteiger partial charge in [0.25, 0.3) is 5.91 Å². The van der Waals surface area contributed by atoms with Crippen LogP contribution >= 0.6 is 15.9 Å². The number of carbonyl (C=O) groups excluding carboxylic acids is 1. The summed E-state index contributed by atoms with van der Waals surface area (Å²) in [6.45, 7) is 6.12. The number of rotatable bonds is 4. The molecule has 1 amide bonds. The van der Waals surface area contributed by atoms with E-state index < -0.39 is 0 Å². The largest absolute Gasteiger partial charge is 0.451 e. The third-order valence-corrected chi connectivity index (χ3v) is 4.65. The number of hydrogen-bond acceptors (Lipinski definition) is 3. The van der Waals surface area contributed by atoms with Crippen LogP contribution in [0.25, 0.3) is 11.0 Å². The van der Waals surface area contributed by atoms with Gasteiger partial charge in [0.2, 0.25) is 0 Å². The summed E-state index contributed by atoms with van der Waals surface area (Å²) in [5.74, 6) is 0.996. The van der Waals surface area contributed by atoms with Gasteiger partial charge in [-0.3, -0.25) is 4.79 Å². The number of fused-ring (bicyclic) bond motifs is 1. The third kappa shape index (κ3) is 3.70. The molecular weight excluding hydrogens is 344 g/mol. The number of piperidine rings is 1. The van der Waals surface area contributed by atoms with E-state index in [-0.39, 0.29) is 5.91 Å². The third-order valence-electron chi connectivity index (χ3n) is 4.16. The Labute approximate surface area is 139 Å². The van der Waals surface area contributed by atoms with Crippen molar-refractivity contribution in [2.24, 2.45) is 5.92 Å². The molecule has 1 aromatic heterocycles. The number of benzene rings is 1. The van der Waals surface area contributed by atoms with E-state index in [0.29, 0.717) is 12.3 Å². The molecule has 1 fully saturated rings. The van der Waals surface area contributed by atoms with Crippen LogP contribution in [0.5, 0.6) is 0 Å². The number of nitrogens with zero attached hydrogens (tertiary/aromatic N) is 1. The molecule has 1 aliphatic rings. The Hall–Kier alpha value is -1.33. The molecule has 1 saturated heterocycles. The summed E-state index contributed by atoms with van der Waals surface area (Å²) >= 11 is 3.42. The summed E-state index contributed by atoms with van der Waals surface area (Å²) in [6, 6.07) is 7.51. The molecule has 0 bridgehead atoms. The molecule has 1 aromatic carbocycles. The van der Waals surface area contributed by atoms with Crippen molar-refractivity contribution in [3.05, 3.63) is 34.5 Å². The SMILES string of the molecule is CC1CCCN(CCNC(=O)c2cc3cc(Br)ccc3o2)C1. The van der Waals surface area contributed by atoms with Crippen LogP contribution in [0.3, 0.4) is 0 Å². The van der Waals surface area contributed by atoms with Crippen LogP contribution in [0.1, 0.15) is 30.3 Å². The zero-order chi connectivity index (χ0) is 15.5. The molecule has 0 spiro atoms.